The van der Waals surface area contributed by atoms with Crippen LogP contribution in [0.15, 0.2) is 46.0 Å². The maximum atomic E-state index is 12.7. The van der Waals surface area contributed by atoms with Crippen molar-refractivity contribution in [3.63, 3.8) is 0 Å². The van der Waals surface area contributed by atoms with E-state index in [0.717, 1.165) is 5.56 Å². The minimum absolute atomic E-state index is 0.0226. The molecule has 0 atom stereocenters. The summed E-state index contributed by atoms with van der Waals surface area (Å²) in [5, 5.41) is 14.4. The lowest BCUT2D eigenvalue weighted by Crippen LogP contribution is -2.33. The number of nitro benzene ring substituents is 1. The van der Waals surface area contributed by atoms with Crippen molar-refractivity contribution in [2.75, 3.05) is 20.3 Å². The number of sulfonamides is 1. The Hall–Kier alpha value is -1.81. The zero-order chi connectivity index (χ0) is 16.9. The highest BCUT2D eigenvalue weighted by molar-refractivity contribution is 7.89. The molecule has 0 saturated heterocycles. The van der Waals surface area contributed by atoms with Gasteiger partial charge in [-0.1, -0.05) is 0 Å². The Morgan fingerprint density at radius 1 is 1.26 bits per heavy atom. The second-order valence-corrected chi connectivity index (χ2v) is 7.43. The van der Waals surface area contributed by atoms with Crippen molar-refractivity contribution in [2.45, 2.75) is 11.4 Å². The summed E-state index contributed by atoms with van der Waals surface area (Å²) in [5.41, 5.74) is 0.738. The van der Waals surface area contributed by atoms with Crippen LogP contribution in [0.4, 0.5) is 5.69 Å². The van der Waals surface area contributed by atoms with E-state index in [-0.39, 0.29) is 30.3 Å². The summed E-state index contributed by atoms with van der Waals surface area (Å²) in [6.45, 7) is 0.689. The van der Waals surface area contributed by atoms with Gasteiger partial charge >= 0.3 is 0 Å². The zero-order valence-electron chi connectivity index (χ0n) is 12.4. The average Bonchev–Trinajstić information content (AvgIpc) is 3.04. The third kappa shape index (κ3) is 4.35. The fourth-order valence-corrected chi connectivity index (χ4v) is 4.02. The number of thiophene rings is 1. The van der Waals surface area contributed by atoms with Crippen LogP contribution in [0.3, 0.4) is 0 Å². The predicted octanol–water partition coefficient (Wildman–Crippen LogP) is 2.49. The monoisotopic (exact) mass is 356 g/mol. The highest BCUT2D eigenvalue weighted by Gasteiger charge is 2.25. The van der Waals surface area contributed by atoms with Crippen LogP contribution >= 0.6 is 11.3 Å². The molecule has 0 unspecified atom stereocenters. The molecule has 0 amide bonds. The van der Waals surface area contributed by atoms with E-state index >= 15 is 0 Å². The van der Waals surface area contributed by atoms with Crippen LogP contribution < -0.4 is 0 Å². The van der Waals surface area contributed by atoms with Crippen molar-refractivity contribution in [2.24, 2.45) is 0 Å². The van der Waals surface area contributed by atoms with E-state index in [1.54, 1.807) is 0 Å². The molecule has 2 rings (SSSR count). The molecule has 1 aromatic carbocycles. The molecule has 0 N–H and O–H groups in total. The highest BCUT2D eigenvalue weighted by atomic mass is 32.2. The van der Waals surface area contributed by atoms with Crippen LogP contribution in [0.5, 0.6) is 0 Å². The van der Waals surface area contributed by atoms with Crippen LogP contribution in [-0.4, -0.2) is 37.9 Å². The Balaban J connectivity index is 2.28. The number of non-ortho nitro benzene ring substituents is 1. The summed E-state index contributed by atoms with van der Waals surface area (Å²) in [4.78, 5) is 10.1. The predicted molar refractivity (Wildman–Crippen MR) is 86.9 cm³/mol. The topological polar surface area (TPSA) is 89.8 Å². The Morgan fingerprint density at radius 3 is 2.48 bits per heavy atom. The normalized spacial score (nSPS) is 11.7. The first-order valence-corrected chi connectivity index (χ1v) is 9.08. The Bertz CT molecular complexity index is 742. The molecule has 0 spiro atoms. The lowest BCUT2D eigenvalue weighted by Gasteiger charge is -2.21. The van der Waals surface area contributed by atoms with E-state index in [1.165, 1.54) is 47.0 Å². The van der Waals surface area contributed by atoms with Crippen molar-refractivity contribution in [3.05, 3.63) is 56.8 Å². The van der Waals surface area contributed by atoms with E-state index in [0.29, 0.717) is 0 Å². The molecule has 0 fully saturated rings. The number of hydrogen-bond acceptors (Lipinski definition) is 6. The van der Waals surface area contributed by atoms with Gasteiger partial charge in [-0.2, -0.15) is 15.6 Å². The molecule has 0 aliphatic carbocycles. The molecule has 7 nitrogen and oxygen atoms in total. The number of rotatable bonds is 8. The Labute approximate surface area is 138 Å². The van der Waals surface area contributed by atoms with E-state index in [9.17, 15) is 18.5 Å². The van der Waals surface area contributed by atoms with Gasteiger partial charge in [-0.05, 0) is 34.5 Å². The molecule has 124 valence electrons. The molecule has 0 radical (unpaired) electrons. The van der Waals surface area contributed by atoms with Gasteiger partial charge in [0.2, 0.25) is 10.0 Å². The maximum Gasteiger partial charge on any atom is 0.269 e. The highest BCUT2D eigenvalue weighted by Crippen LogP contribution is 2.21. The number of nitro groups is 1. The van der Waals surface area contributed by atoms with Gasteiger partial charge in [-0.25, -0.2) is 8.42 Å². The maximum absolute atomic E-state index is 12.7. The summed E-state index contributed by atoms with van der Waals surface area (Å²) in [6, 6.07) is 6.73. The largest absolute Gasteiger partial charge is 0.383 e. The van der Waals surface area contributed by atoms with Gasteiger partial charge in [0.1, 0.15) is 0 Å². The third-order valence-electron chi connectivity index (χ3n) is 3.17. The number of benzene rings is 1. The Morgan fingerprint density at radius 2 is 1.96 bits per heavy atom. The van der Waals surface area contributed by atoms with Gasteiger partial charge in [0.25, 0.3) is 5.69 Å². The number of ether oxygens (including phenoxy) is 1. The summed E-state index contributed by atoms with van der Waals surface area (Å²) in [7, 11) is -2.26. The first-order valence-electron chi connectivity index (χ1n) is 6.70. The van der Waals surface area contributed by atoms with Crippen molar-refractivity contribution in [3.8, 4) is 0 Å². The molecular formula is C14H16N2O5S2. The van der Waals surface area contributed by atoms with E-state index in [4.69, 9.17) is 4.74 Å². The zero-order valence-corrected chi connectivity index (χ0v) is 14.0. The lowest BCUT2D eigenvalue weighted by molar-refractivity contribution is -0.384. The van der Waals surface area contributed by atoms with Crippen molar-refractivity contribution in [1.29, 1.82) is 0 Å². The first kappa shape index (κ1) is 17.5. The van der Waals surface area contributed by atoms with E-state index in [1.807, 2.05) is 16.8 Å². The lowest BCUT2D eigenvalue weighted by atomic mass is 10.3. The molecule has 23 heavy (non-hydrogen) atoms. The summed E-state index contributed by atoms with van der Waals surface area (Å²) in [5.74, 6) is 0. The number of hydrogen-bond donors (Lipinski definition) is 0. The van der Waals surface area contributed by atoms with Crippen LogP contribution in [0.2, 0.25) is 0 Å². The smallest absolute Gasteiger partial charge is 0.269 e. The van der Waals surface area contributed by atoms with Crippen LogP contribution in [0.25, 0.3) is 0 Å². The molecular weight excluding hydrogens is 340 g/mol. The third-order valence-corrected chi connectivity index (χ3v) is 5.76. The molecule has 1 aromatic heterocycles. The van der Waals surface area contributed by atoms with E-state index < -0.39 is 14.9 Å². The van der Waals surface area contributed by atoms with Gasteiger partial charge in [-0.3, -0.25) is 10.1 Å². The Kier molecular flexibility index (Phi) is 5.83. The van der Waals surface area contributed by atoms with Crippen LogP contribution in [-0.2, 0) is 21.3 Å². The van der Waals surface area contributed by atoms with Gasteiger partial charge in [0.05, 0.1) is 16.4 Å². The molecule has 9 heteroatoms. The molecule has 0 aliphatic rings. The molecule has 0 saturated carbocycles. The quantitative estimate of drug-likeness (QED) is 0.535. The summed E-state index contributed by atoms with van der Waals surface area (Å²) in [6.07, 6.45) is 0. The summed E-state index contributed by atoms with van der Waals surface area (Å²) >= 11 is 1.49. The van der Waals surface area contributed by atoms with Gasteiger partial charge in [0.15, 0.2) is 0 Å². The average molecular weight is 356 g/mol. The van der Waals surface area contributed by atoms with Crippen molar-refractivity contribution < 1.29 is 18.1 Å². The van der Waals surface area contributed by atoms with Crippen LogP contribution in [0.1, 0.15) is 5.56 Å². The van der Waals surface area contributed by atoms with Gasteiger partial charge in [-0.15, -0.1) is 0 Å². The fraction of sp³-hybridized carbons (Fsp3) is 0.286. The fourth-order valence-electron chi connectivity index (χ4n) is 1.95. The van der Waals surface area contributed by atoms with Crippen LogP contribution in [0, 0.1) is 10.1 Å². The second-order valence-electron chi connectivity index (χ2n) is 4.71. The number of nitrogens with zero attached hydrogens (tertiary/aromatic N) is 2. The SMILES string of the molecule is COCCN(Cc1ccsc1)S(=O)(=O)c1ccc([N+](=O)[O-])cc1. The standard InChI is InChI=1S/C14H16N2O5S2/c1-21-8-7-15(10-12-6-9-22-11-12)23(19,20)14-4-2-13(3-5-14)16(17)18/h2-6,9,11H,7-8,10H2,1H3. The molecule has 2 aromatic rings. The van der Waals surface area contributed by atoms with Crippen molar-refractivity contribution >= 4 is 27.0 Å². The van der Waals surface area contributed by atoms with Crippen molar-refractivity contribution in [1.82, 2.24) is 4.31 Å². The first-order chi connectivity index (χ1) is 10.9. The minimum Gasteiger partial charge on any atom is -0.383 e. The van der Waals surface area contributed by atoms with Gasteiger partial charge < -0.3 is 4.74 Å². The van der Waals surface area contributed by atoms with Gasteiger partial charge in [0, 0.05) is 32.3 Å². The minimum atomic E-state index is -3.76. The van der Waals surface area contributed by atoms with E-state index in [2.05, 4.69) is 0 Å². The number of methoxy groups -OCH3 is 1. The molecule has 0 bridgehead atoms. The molecule has 0 aliphatic heterocycles. The molecule has 1 heterocycles. The second kappa shape index (κ2) is 7.64. The summed E-state index contributed by atoms with van der Waals surface area (Å²) < 4.78 is 31.8.